The number of anilines is 2. The summed E-state index contributed by atoms with van der Waals surface area (Å²) in [4.78, 5) is 26.3. The SMILES string of the molecule is Cc1ncn(-c2ccc(Nc3ncc4cccc(-c5ncco5)c4n3)cc2)n1.O=C(O)C(F)(F)F. The number of aliphatic carboxylic acids is 1. The standard InChI is InChI=1S/C20H15N7O.C2HF3O2/c1-13-23-12-27(26-13)16-7-5-15(6-8-16)24-20-22-11-14-3-2-4-17(18(14)25-20)19-21-9-10-28-19;3-2(4,5)1(6)7/h2-12H,1H3,(H,22,24,25);(H,6,7). The first kappa shape index (κ1) is 23.4. The summed E-state index contributed by atoms with van der Waals surface area (Å²) in [7, 11) is 0. The molecular weight excluding hydrogens is 467 g/mol. The number of carboxylic acids is 1. The molecule has 2 N–H and O–H groups in total. The fraction of sp³-hybridized carbons (Fsp3) is 0.0909. The summed E-state index contributed by atoms with van der Waals surface area (Å²) in [5.74, 6) is -1.00. The number of para-hydroxylation sites is 1. The average molecular weight is 483 g/mol. The van der Waals surface area contributed by atoms with Crippen molar-refractivity contribution in [3.8, 4) is 17.1 Å². The number of benzene rings is 2. The van der Waals surface area contributed by atoms with Gasteiger partial charge in [-0.1, -0.05) is 12.1 Å². The van der Waals surface area contributed by atoms with Crippen LogP contribution in [-0.2, 0) is 4.79 Å². The molecule has 0 aliphatic heterocycles. The lowest BCUT2D eigenvalue weighted by Crippen LogP contribution is -2.21. The van der Waals surface area contributed by atoms with Gasteiger partial charge >= 0.3 is 12.1 Å². The summed E-state index contributed by atoms with van der Waals surface area (Å²) in [6, 6.07) is 13.6. The molecule has 5 aromatic rings. The lowest BCUT2D eigenvalue weighted by molar-refractivity contribution is -0.192. The van der Waals surface area contributed by atoms with E-state index in [1.54, 1.807) is 29.7 Å². The first-order valence-electron chi connectivity index (χ1n) is 9.92. The fourth-order valence-corrected chi connectivity index (χ4v) is 2.94. The van der Waals surface area contributed by atoms with Gasteiger partial charge in [-0.3, -0.25) is 0 Å². The summed E-state index contributed by atoms with van der Waals surface area (Å²) in [5.41, 5.74) is 3.40. The zero-order chi connectivity index (χ0) is 25.0. The number of fused-ring (bicyclic) bond motifs is 1. The van der Waals surface area contributed by atoms with Crippen LogP contribution >= 0.6 is 0 Å². The van der Waals surface area contributed by atoms with Crippen molar-refractivity contribution in [2.45, 2.75) is 13.1 Å². The Kier molecular flexibility index (Phi) is 6.40. The molecule has 0 fully saturated rings. The van der Waals surface area contributed by atoms with Gasteiger partial charge < -0.3 is 14.8 Å². The molecule has 2 aromatic carbocycles. The number of halogens is 3. The first-order chi connectivity index (χ1) is 16.7. The number of rotatable bonds is 4. The highest BCUT2D eigenvalue weighted by molar-refractivity contribution is 5.91. The molecule has 0 aliphatic rings. The number of carboxylic acid groups (broad SMARTS) is 1. The second kappa shape index (κ2) is 9.59. The molecule has 3 heterocycles. The van der Waals surface area contributed by atoms with Crippen LogP contribution in [0, 0.1) is 6.92 Å². The van der Waals surface area contributed by atoms with Crippen LogP contribution in [0.1, 0.15) is 5.82 Å². The summed E-state index contributed by atoms with van der Waals surface area (Å²) in [5, 5.41) is 15.6. The van der Waals surface area contributed by atoms with E-state index in [0.717, 1.165) is 33.7 Å². The van der Waals surface area contributed by atoms with Crippen LogP contribution in [0.5, 0.6) is 0 Å². The minimum atomic E-state index is -5.08. The lowest BCUT2D eigenvalue weighted by atomic mass is 10.1. The van der Waals surface area contributed by atoms with E-state index >= 15 is 0 Å². The predicted octanol–water partition coefficient (Wildman–Crippen LogP) is 4.55. The van der Waals surface area contributed by atoms with Gasteiger partial charge in [0.2, 0.25) is 11.8 Å². The van der Waals surface area contributed by atoms with Crippen molar-refractivity contribution in [2.24, 2.45) is 0 Å². The van der Waals surface area contributed by atoms with Crippen LogP contribution in [-0.4, -0.2) is 47.0 Å². The number of aromatic nitrogens is 6. The number of nitrogens with zero attached hydrogens (tertiary/aromatic N) is 6. The number of hydrogen-bond acceptors (Lipinski definition) is 8. The van der Waals surface area contributed by atoms with Crippen LogP contribution in [0.25, 0.3) is 28.0 Å². The molecule has 0 radical (unpaired) electrons. The average Bonchev–Trinajstić information content (AvgIpc) is 3.51. The Hall–Kier alpha value is -4.81. The summed E-state index contributed by atoms with van der Waals surface area (Å²) in [6.45, 7) is 1.86. The van der Waals surface area contributed by atoms with E-state index in [2.05, 4.69) is 30.4 Å². The molecular formula is C22H16F3N7O3. The molecule has 0 unspecified atom stereocenters. The normalized spacial score (nSPS) is 11.1. The number of alkyl halides is 3. The third-order valence-corrected chi connectivity index (χ3v) is 4.51. The van der Waals surface area contributed by atoms with Gasteiger partial charge in [0.15, 0.2) is 0 Å². The summed E-state index contributed by atoms with van der Waals surface area (Å²) in [6.07, 6.45) is 1.55. The van der Waals surface area contributed by atoms with Gasteiger partial charge in [-0.25, -0.2) is 29.4 Å². The van der Waals surface area contributed by atoms with E-state index in [4.69, 9.17) is 14.3 Å². The molecule has 5 rings (SSSR count). The zero-order valence-corrected chi connectivity index (χ0v) is 17.9. The van der Waals surface area contributed by atoms with Gasteiger partial charge in [0.25, 0.3) is 0 Å². The minimum Gasteiger partial charge on any atom is -0.475 e. The highest BCUT2D eigenvalue weighted by Crippen LogP contribution is 2.27. The molecule has 3 aromatic heterocycles. The molecule has 0 amide bonds. The number of carbonyl (C=O) groups is 1. The maximum absolute atomic E-state index is 10.6. The predicted molar refractivity (Wildman–Crippen MR) is 118 cm³/mol. The van der Waals surface area contributed by atoms with Crippen molar-refractivity contribution >= 4 is 28.5 Å². The molecule has 0 spiro atoms. The molecule has 0 bridgehead atoms. The maximum atomic E-state index is 10.6. The Morgan fingerprint density at radius 2 is 1.83 bits per heavy atom. The van der Waals surface area contributed by atoms with E-state index in [1.165, 1.54) is 0 Å². The third-order valence-electron chi connectivity index (χ3n) is 4.51. The number of nitrogens with one attached hydrogen (secondary N) is 1. The van der Waals surface area contributed by atoms with Crippen molar-refractivity contribution in [2.75, 3.05) is 5.32 Å². The van der Waals surface area contributed by atoms with Gasteiger partial charge in [0, 0.05) is 17.3 Å². The first-order valence-corrected chi connectivity index (χ1v) is 9.92. The quantitative estimate of drug-likeness (QED) is 0.378. The molecule has 0 saturated heterocycles. The topological polar surface area (TPSA) is 132 Å². The molecule has 0 aliphatic carbocycles. The van der Waals surface area contributed by atoms with Gasteiger partial charge in [0.05, 0.1) is 23.0 Å². The van der Waals surface area contributed by atoms with E-state index in [-0.39, 0.29) is 0 Å². The Morgan fingerprint density at radius 1 is 1.09 bits per heavy atom. The van der Waals surface area contributed by atoms with Crippen molar-refractivity contribution in [1.82, 2.24) is 29.7 Å². The largest absolute Gasteiger partial charge is 0.490 e. The Morgan fingerprint density at radius 3 is 2.43 bits per heavy atom. The van der Waals surface area contributed by atoms with Crippen molar-refractivity contribution in [3.05, 3.63) is 73.3 Å². The lowest BCUT2D eigenvalue weighted by Gasteiger charge is -2.08. The van der Waals surface area contributed by atoms with Crippen LogP contribution in [0.15, 0.2) is 71.9 Å². The van der Waals surface area contributed by atoms with Crippen LogP contribution in [0.2, 0.25) is 0 Å². The molecule has 10 nitrogen and oxygen atoms in total. The second-order valence-corrected chi connectivity index (χ2v) is 6.99. The van der Waals surface area contributed by atoms with Gasteiger partial charge in [-0.05, 0) is 37.3 Å². The van der Waals surface area contributed by atoms with Crippen LogP contribution < -0.4 is 5.32 Å². The molecule has 0 saturated carbocycles. The number of aryl methyl sites for hydroxylation is 1. The molecule has 35 heavy (non-hydrogen) atoms. The maximum Gasteiger partial charge on any atom is 0.490 e. The second-order valence-electron chi connectivity index (χ2n) is 6.99. The van der Waals surface area contributed by atoms with E-state index in [1.807, 2.05) is 49.4 Å². The van der Waals surface area contributed by atoms with Crippen LogP contribution in [0.4, 0.5) is 24.8 Å². The van der Waals surface area contributed by atoms with E-state index in [9.17, 15) is 13.2 Å². The number of oxazole rings is 1. The van der Waals surface area contributed by atoms with Gasteiger partial charge in [0.1, 0.15) is 18.4 Å². The minimum absolute atomic E-state index is 0.496. The molecule has 0 atom stereocenters. The highest BCUT2D eigenvalue weighted by Gasteiger charge is 2.38. The third kappa shape index (κ3) is 5.58. The Bertz CT molecular complexity index is 1450. The van der Waals surface area contributed by atoms with Crippen molar-refractivity contribution in [1.29, 1.82) is 0 Å². The van der Waals surface area contributed by atoms with Crippen LogP contribution in [0.3, 0.4) is 0 Å². The fourth-order valence-electron chi connectivity index (χ4n) is 2.94. The van der Waals surface area contributed by atoms with Gasteiger partial charge in [-0.15, -0.1) is 0 Å². The highest BCUT2D eigenvalue weighted by atomic mass is 19.4. The smallest absolute Gasteiger partial charge is 0.475 e. The Labute approximate surface area is 195 Å². The molecule has 178 valence electrons. The number of hydrogen-bond donors (Lipinski definition) is 2. The van der Waals surface area contributed by atoms with Crippen molar-refractivity contribution in [3.63, 3.8) is 0 Å². The zero-order valence-electron chi connectivity index (χ0n) is 17.9. The van der Waals surface area contributed by atoms with Crippen molar-refractivity contribution < 1.29 is 27.5 Å². The molecule has 13 heteroatoms. The Balaban J connectivity index is 0.000000364. The van der Waals surface area contributed by atoms with E-state index in [0.29, 0.717) is 11.8 Å². The summed E-state index contributed by atoms with van der Waals surface area (Å²) >= 11 is 0. The van der Waals surface area contributed by atoms with Gasteiger partial charge in [-0.2, -0.15) is 18.3 Å². The van der Waals surface area contributed by atoms with E-state index < -0.39 is 12.1 Å². The monoisotopic (exact) mass is 483 g/mol. The summed E-state index contributed by atoms with van der Waals surface area (Å²) < 4.78 is 38.9.